The molecule has 4 N–H and O–H groups in total. The van der Waals surface area contributed by atoms with Crippen LogP contribution in [-0.4, -0.2) is 56.7 Å². The Morgan fingerprint density at radius 3 is 2.41 bits per heavy atom. The Hall–Kier alpha value is -1.61. The Morgan fingerprint density at radius 1 is 0.969 bits per heavy atom. The third-order valence-corrected chi connectivity index (χ3v) is 8.54. The second kappa shape index (κ2) is 8.97. The molecule has 0 amide bonds. The number of fused-ring (bicyclic) bond motifs is 2. The third-order valence-electron chi connectivity index (χ3n) is 6.88. The number of aliphatic hydroxyl groups excluding tert-OH is 4. The van der Waals surface area contributed by atoms with Crippen molar-refractivity contribution in [1.29, 1.82) is 0 Å². The van der Waals surface area contributed by atoms with Crippen LogP contribution in [0.2, 0.25) is 0 Å². The first-order chi connectivity index (χ1) is 15.5. The van der Waals surface area contributed by atoms with E-state index < -0.39 is 28.5 Å². The monoisotopic (exact) mass is 458 g/mol. The van der Waals surface area contributed by atoms with Gasteiger partial charge < -0.3 is 29.9 Å². The summed E-state index contributed by atoms with van der Waals surface area (Å²) in [6, 6.07) is 14.3. The Morgan fingerprint density at radius 2 is 1.69 bits per heavy atom. The highest BCUT2D eigenvalue weighted by Crippen LogP contribution is 2.54. The molecule has 1 aliphatic carbocycles. The second-order valence-corrected chi connectivity index (χ2v) is 10.5. The van der Waals surface area contributed by atoms with Gasteiger partial charge in [0.25, 0.3) is 0 Å². The molecule has 5 rings (SSSR count). The first kappa shape index (κ1) is 22.2. The van der Waals surface area contributed by atoms with Gasteiger partial charge in [0.2, 0.25) is 0 Å². The van der Waals surface area contributed by atoms with Gasteiger partial charge in [-0.2, -0.15) is 0 Å². The molecule has 2 aromatic rings. The lowest BCUT2D eigenvalue weighted by Crippen LogP contribution is -2.58. The molecular weight excluding hydrogens is 428 g/mol. The van der Waals surface area contributed by atoms with Crippen LogP contribution >= 0.6 is 11.8 Å². The van der Waals surface area contributed by atoms with Crippen molar-refractivity contribution < 1.29 is 29.9 Å². The van der Waals surface area contributed by atoms with Crippen molar-refractivity contribution >= 4 is 11.8 Å². The summed E-state index contributed by atoms with van der Waals surface area (Å²) in [7, 11) is 0. The molecule has 2 aromatic carbocycles. The molecule has 2 fully saturated rings. The highest BCUT2D eigenvalue weighted by molar-refractivity contribution is 8.00. The van der Waals surface area contributed by atoms with E-state index in [1.54, 1.807) is 0 Å². The van der Waals surface area contributed by atoms with Crippen LogP contribution in [0.25, 0.3) is 0 Å². The van der Waals surface area contributed by atoms with Crippen LogP contribution in [0.3, 0.4) is 0 Å². The SMILES string of the molecule is OC[C@H]1S[C@]2(OCc3ccc(Cc4ccc(OC5CCCC5)cc4)cc32)[C@H](O)[C@@H](O)[C@@H]1O. The van der Waals surface area contributed by atoms with Crippen LogP contribution < -0.4 is 4.74 Å². The molecule has 7 heteroatoms. The van der Waals surface area contributed by atoms with Gasteiger partial charge in [-0.1, -0.05) is 30.3 Å². The van der Waals surface area contributed by atoms with Crippen LogP contribution in [0, 0.1) is 0 Å². The molecule has 172 valence electrons. The Balaban J connectivity index is 1.36. The lowest BCUT2D eigenvalue weighted by atomic mass is 9.91. The minimum atomic E-state index is -1.39. The molecule has 1 saturated carbocycles. The minimum Gasteiger partial charge on any atom is -0.490 e. The number of hydrogen-bond acceptors (Lipinski definition) is 7. The number of ether oxygens (including phenoxy) is 2. The van der Waals surface area contributed by atoms with Crippen molar-refractivity contribution in [3.63, 3.8) is 0 Å². The van der Waals surface area contributed by atoms with Crippen LogP contribution in [0.5, 0.6) is 5.75 Å². The molecule has 0 aromatic heterocycles. The molecule has 2 aliphatic heterocycles. The third kappa shape index (κ3) is 3.95. The Kier molecular flexibility index (Phi) is 6.22. The summed E-state index contributed by atoms with van der Waals surface area (Å²) in [4.78, 5) is -1.20. The lowest BCUT2D eigenvalue weighted by Gasteiger charge is -2.45. The number of rotatable bonds is 5. The van der Waals surface area contributed by atoms with E-state index in [2.05, 4.69) is 18.2 Å². The van der Waals surface area contributed by atoms with E-state index in [0.29, 0.717) is 19.1 Å². The summed E-state index contributed by atoms with van der Waals surface area (Å²) in [5.74, 6) is 0.909. The smallest absolute Gasteiger partial charge is 0.168 e. The lowest BCUT2D eigenvalue weighted by molar-refractivity contribution is -0.147. The summed E-state index contributed by atoms with van der Waals surface area (Å²) < 4.78 is 12.1. The van der Waals surface area contributed by atoms with Gasteiger partial charge >= 0.3 is 0 Å². The second-order valence-electron chi connectivity index (χ2n) is 9.06. The van der Waals surface area contributed by atoms with E-state index in [0.717, 1.165) is 40.8 Å². The summed E-state index contributed by atoms with van der Waals surface area (Å²) >= 11 is 1.19. The van der Waals surface area contributed by atoms with Crippen molar-refractivity contribution in [3.05, 3.63) is 64.7 Å². The maximum atomic E-state index is 10.8. The first-order valence-electron chi connectivity index (χ1n) is 11.3. The fraction of sp³-hybridized carbons (Fsp3) is 0.520. The molecule has 5 atom stereocenters. The van der Waals surface area contributed by atoms with E-state index in [-0.39, 0.29) is 6.61 Å². The predicted molar refractivity (Wildman–Crippen MR) is 122 cm³/mol. The van der Waals surface area contributed by atoms with Crippen molar-refractivity contribution in [3.8, 4) is 5.75 Å². The average molecular weight is 459 g/mol. The highest BCUT2D eigenvalue weighted by atomic mass is 32.2. The van der Waals surface area contributed by atoms with Crippen LogP contribution in [0.4, 0.5) is 0 Å². The topological polar surface area (TPSA) is 99.4 Å². The molecule has 6 nitrogen and oxygen atoms in total. The Bertz CT molecular complexity index is 942. The summed E-state index contributed by atoms with van der Waals surface area (Å²) in [6.45, 7) is -0.00113. The van der Waals surface area contributed by atoms with Crippen molar-refractivity contribution in [2.45, 2.75) is 73.3 Å². The molecule has 2 heterocycles. The zero-order valence-electron chi connectivity index (χ0n) is 17.9. The van der Waals surface area contributed by atoms with Crippen molar-refractivity contribution in [2.24, 2.45) is 0 Å². The summed E-state index contributed by atoms with van der Waals surface area (Å²) in [6.07, 6.45) is 1.90. The van der Waals surface area contributed by atoms with Crippen LogP contribution in [0.15, 0.2) is 42.5 Å². The molecule has 3 aliphatic rings. The molecule has 1 spiro atoms. The van der Waals surface area contributed by atoms with Crippen molar-refractivity contribution in [1.82, 2.24) is 0 Å². The first-order valence-corrected chi connectivity index (χ1v) is 12.2. The molecule has 0 radical (unpaired) electrons. The average Bonchev–Trinajstić information content (AvgIpc) is 3.45. The van der Waals surface area contributed by atoms with Gasteiger partial charge in [0.05, 0.1) is 30.7 Å². The molecular formula is C25H30O6S. The molecule has 0 bridgehead atoms. The molecule has 1 saturated heterocycles. The summed E-state index contributed by atoms with van der Waals surface area (Å²) in [5.41, 5.74) is 3.96. The summed E-state index contributed by atoms with van der Waals surface area (Å²) in [5, 5.41) is 40.5. The zero-order valence-corrected chi connectivity index (χ0v) is 18.7. The van der Waals surface area contributed by atoms with Gasteiger partial charge in [-0.3, -0.25) is 0 Å². The van der Waals surface area contributed by atoms with Crippen molar-refractivity contribution in [2.75, 3.05) is 6.61 Å². The van der Waals surface area contributed by atoms with E-state index in [1.165, 1.54) is 24.6 Å². The maximum Gasteiger partial charge on any atom is 0.168 e. The van der Waals surface area contributed by atoms with E-state index >= 15 is 0 Å². The van der Waals surface area contributed by atoms with Gasteiger partial charge in [0.1, 0.15) is 18.0 Å². The Labute approximate surface area is 192 Å². The van der Waals surface area contributed by atoms with Crippen LogP contribution in [0.1, 0.15) is 47.9 Å². The zero-order chi connectivity index (χ0) is 22.3. The fourth-order valence-electron chi connectivity index (χ4n) is 5.05. The fourth-order valence-corrected chi connectivity index (χ4v) is 6.60. The highest BCUT2D eigenvalue weighted by Gasteiger charge is 2.57. The largest absolute Gasteiger partial charge is 0.490 e. The van der Waals surface area contributed by atoms with Crippen LogP contribution in [-0.2, 0) is 22.7 Å². The number of hydrogen-bond donors (Lipinski definition) is 4. The number of thioether (sulfide) groups is 1. The minimum absolute atomic E-state index is 0.313. The van der Waals surface area contributed by atoms with Gasteiger partial charge in [0, 0.05) is 5.56 Å². The molecule has 0 unspecified atom stereocenters. The maximum absolute atomic E-state index is 10.8. The van der Waals surface area contributed by atoms with Gasteiger partial charge in [-0.15, -0.1) is 11.8 Å². The van der Waals surface area contributed by atoms with E-state index in [1.807, 2.05) is 24.3 Å². The normalized spacial score (nSPS) is 32.4. The van der Waals surface area contributed by atoms with Gasteiger partial charge in [0.15, 0.2) is 4.93 Å². The van der Waals surface area contributed by atoms with E-state index in [9.17, 15) is 20.4 Å². The predicted octanol–water partition coefficient (Wildman–Crippen LogP) is 2.47. The van der Waals surface area contributed by atoms with E-state index in [4.69, 9.17) is 9.47 Å². The molecule has 32 heavy (non-hydrogen) atoms. The quantitative estimate of drug-likeness (QED) is 0.546. The van der Waals surface area contributed by atoms with Gasteiger partial charge in [-0.25, -0.2) is 0 Å². The standard InChI is InChI=1S/C25H30O6S/c26-13-21-22(27)23(28)24(29)25(32-21)20-12-16(5-8-17(20)14-30-25)11-15-6-9-19(10-7-15)31-18-3-1-2-4-18/h5-10,12,18,21-24,26-29H,1-4,11,13-14H2/t21-,22-,23+,24-,25+/m1/s1. The van der Waals surface area contributed by atoms with Gasteiger partial charge in [-0.05, 0) is 60.9 Å². The number of aliphatic hydroxyl groups is 4. The number of benzene rings is 2.